The van der Waals surface area contributed by atoms with Gasteiger partial charge in [0, 0.05) is 0 Å². The smallest absolute Gasteiger partial charge is 0.199 e. The molecule has 3 fully saturated rings. The second-order valence-electron chi connectivity index (χ2n) is 4.60. The van der Waals surface area contributed by atoms with Crippen molar-refractivity contribution in [3.05, 3.63) is 0 Å². The second kappa shape index (κ2) is 3.16. The highest BCUT2D eigenvalue weighted by atomic mass is 19.4. The third-order valence-electron chi connectivity index (χ3n) is 3.51. The lowest BCUT2D eigenvalue weighted by Crippen LogP contribution is -2.86. The minimum absolute atomic E-state index is 5.52. The van der Waals surface area contributed by atoms with Crippen LogP contribution in [0.3, 0.4) is 0 Å². The van der Waals surface area contributed by atoms with Gasteiger partial charge in [0.15, 0.2) is 11.8 Å². The van der Waals surface area contributed by atoms with E-state index in [0.717, 1.165) is 0 Å². The molecule has 3 aliphatic carbocycles. The van der Waals surface area contributed by atoms with E-state index in [0.29, 0.717) is 0 Å². The normalized spacial score (nSPS) is 41.4. The van der Waals surface area contributed by atoms with E-state index in [2.05, 4.69) is 0 Å². The monoisotopic (exact) mass is 326 g/mol. The van der Waals surface area contributed by atoms with Gasteiger partial charge >= 0.3 is 35.5 Å². The molecule has 0 spiro atoms. The second-order valence-corrected chi connectivity index (χ2v) is 4.60. The highest BCUT2D eigenvalue weighted by Gasteiger charge is 3.02. The predicted molar refractivity (Wildman–Crippen MR) is 36.7 cm³/mol. The largest absolute Gasteiger partial charge is 0.325 e. The molecule has 0 amide bonds. The number of halogens is 12. The Hall–Kier alpha value is -0.840. The number of alkyl halides is 12. The molecule has 3 rings (SSSR count). The van der Waals surface area contributed by atoms with Crippen molar-refractivity contribution in [1.82, 2.24) is 0 Å². The number of rotatable bonds is 0. The van der Waals surface area contributed by atoms with E-state index < -0.39 is 47.4 Å². The molecule has 12 heteroatoms. The van der Waals surface area contributed by atoms with Crippen molar-refractivity contribution in [2.45, 2.75) is 35.5 Å². The summed E-state index contributed by atoms with van der Waals surface area (Å²) in [5, 5.41) is 0. The number of hydrogen-bond acceptors (Lipinski definition) is 0. The number of fused-ring (bicyclic) bond motifs is 3. The maximum atomic E-state index is 13.0. The van der Waals surface area contributed by atoms with Crippen molar-refractivity contribution in [3.63, 3.8) is 0 Å². The summed E-state index contributed by atoms with van der Waals surface area (Å²) in [6.07, 6.45) is 0. The fraction of sp³-hybridized carbons (Fsp3) is 1.00. The summed E-state index contributed by atoms with van der Waals surface area (Å²) in [6, 6.07) is 0. The molecule has 0 atom stereocenters. The fourth-order valence-corrected chi connectivity index (χ4v) is 2.52. The molecule has 3 saturated carbocycles. The van der Waals surface area contributed by atoms with Crippen LogP contribution < -0.4 is 0 Å². The third kappa shape index (κ3) is 1.16. The van der Waals surface area contributed by atoms with E-state index in [1.54, 1.807) is 0 Å². The van der Waals surface area contributed by atoms with Crippen LogP contribution in [0.2, 0.25) is 0 Å². The van der Waals surface area contributed by atoms with Gasteiger partial charge in [-0.15, -0.1) is 0 Å². The molecule has 0 aromatic carbocycles. The molecule has 0 radical (unpaired) electrons. The lowest BCUT2D eigenvalue weighted by Gasteiger charge is -2.59. The Balaban J connectivity index is 2.87. The van der Waals surface area contributed by atoms with Gasteiger partial charge in [-0.1, -0.05) is 0 Å². The summed E-state index contributed by atoms with van der Waals surface area (Å²) in [7, 11) is 0. The molecule has 0 unspecified atom stereocenters. The Labute approximate surface area is 101 Å². The van der Waals surface area contributed by atoms with Crippen molar-refractivity contribution in [3.8, 4) is 0 Å². The molecule has 118 valence electrons. The zero-order chi connectivity index (χ0) is 16.2. The van der Waals surface area contributed by atoms with Gasteiger partial charge in [-0.25, -0.2) is 0 Å². The molecule has 0 aromatic rings. The van der Waals surface area contributed by atoms with Gasteiger partial charge in [-0.05, 0) is 0 Å². The molecule has 0 aromatic heterocycles. The first kappa shape index (κ1) is 15.5. The molecule has 0 nitrogen and oxygen atoms in total. The van der Waals surface area contributed by atoms with Gasteiger partial charge in [0.2, 0.25) is 0 Å². The molecule has 2 bridgehead atoms. The van der Waals surface area contributed by atoms with Crippen molar-refractivity contribution in [2.24, 2.45) is 11.8 Å². The zero-order valence-electron chi connectivity index (χ0n) is 8.69. The first-order valence-corrected chi connectivity index (χ1v) is 4.75. The molecule has 0 aliphatic heterocycles. The summed E-state index contributed by atoms with van der Waals surface area (Å²) in [5.74, 6) is -49.6. The summed E-state index contributed by atoms with van der Waals surface area (Å²) in [4.78, 5) is 0. The van der Waals surface area contributed by atoms with E-state index >= 15 is 0 Å². The van der Waals surface area contributed by atoms with Crippen LogP contribution in [-0.2, 0) is 0 Å². The molecule has 0 N–H and O–H groups in total. The summed E-state index contributed by atoms with van der Waals surface area (Å²) in [6.45, 7) is 0. The van der Waals surface area contributed by atoms with E-state index in [1.807, 2.05) is 0 Å². The Kier molecular flexibility index (Phi) is 2.45. The lowest BCUT2D eigenvalue weighted by atomic mass is 9.57. The maximum Gasteiger partial charge on any atom is 0.325 e. The first-order chi connectivity index (χ1) is 8.48. The first-order valence-electron chi connectivity index (χ1n) is 4.75. The third-order valence-corrected chi connectivity index (χ3v) is 3.51. The van der Waals surface area contributed by atoms with Crippen LogP contribution in [0.1, 0.15) is 0 Å². The van der Waals surface area contributed by atoms with Crippen LogP contribution in [0.5, 0.6) is 0 Å². The van der Waals surface area contributed by atoms with Crippen LogP contribution in [0, 0.1) is 11.8 Å². The van der Waals surface area contributed by atoms with Crippen LogP contribution in [-0.4, -0.2) is 35.5 Å². The van der Waals surface area contributed by atoms with Gasteiger partial charge in [0.1, 0.15) is 0 Å². The van der Waals surface area contributed by atoms with E-state index in [4.69, 9.17) is 0 Å². The molecule has 0 heterocycles. The van der Waals surface area contributed by atoms with E-state index in [1.165, 1.54) is 0 Å². The van der Waals surface area contributed by atoms with Gasteiger partial charge in [0.25, 0.3) is 0 Å². The molecule has 0 saturated heterocycles. The van der Waals surface area contributed by atoms with Crippen LogP contribution >= 0.6 is 0 Å². The number of hydrogen-bond donors (Lipinski definition) is 0. The topological polar surface area (TPSA) is 0 Å². The molecular weight excluding hydrogens is 324 g/mol. The minimum atomic E-state index is -6.42. The quantitative estimate of drug-likeness (QED) is 0.589. The zero-order valence-corrected chi connectivity index (χ0v) is 8.69. The van der Waals surface area contributed by atoms with Crippen molar-refractivity contribution < 1.29 is 52.7 Å². The van der Waals surface area contributed by atoms with Gasteiger partial charge in [-0.2, -0.15) is 52.7 Å². The summed E-state index contributed by atoms with van der Waals surface area (Å²) < 4.78 is 156. The van der Waals surface area contributed by atoms with Gasteiger partial charge in [-0.3, -0.25) is 0 Å². The predicted octanol–water partition coefficient (Wildman–Crippen LogP) is 4.06. The fourth-order valence-electron chi connectivity index (χ4n) is 2.52. The molecular formula is C8H2F12. The van der Waals surface area contributed by atoms with Crippen molar-refractivity contribution >= 4 is 0 Å². The average molecular weight is 326 g/mol. The SMILES string of the molecule is FC1(F)C2C(F)(F)C(F)(F)C(C1(F)F)C(F)(F)C2(F)F. The lowest BCUT2D eigenvalue weighted by molar-refractivity contribution is -0.515. The standard InChI is InChI=1S/C8H2F12/c9-3(10)1-4(11,12)7(17,18)2(6(3,15)16)8(19,20)5(1,13)14/h1-2H. The Bertz CT molecular complexity index is 340. The van der Waals surface area contributed by atoms with Crippen molar-refractivity contribution in [1.29, 1.82) is 0 Å². The molecule has 3 aliphatic rings. The van der Waals surface area contributed by atoms with E-state index in [-0.39, 0.29) is 0 Å². The van der Waals surface area contributed by atoms with E-state index in [9.17, 15) is 52.7 Å². The maximum absolute atomic E-state index is 13.0. The van der Waals surface area contributed by atoms with Gasteiger partial charge < -0.3 is 0 Å². The average Bonchev–Trinajstić information content (AvgIpc) is 2.09. The van der Waals surface area contributed by atoms with Crippen molar-refractivity contribution in [2.75, 3.05) is 0 Å². The highest BCUT2D eigenvalue weighted by molar-refractivity contribution is 5.28. The van der Waals surface area contributed by atoms with Crippen LogP contribution in [0.4, 0.5) is 52.7 Å². The Morgan fingerprint density at radius 3 is 0.500 bits per heavy atom. The summed E-state index contributed by atoms with van der Waals surface area (Å²) in [5.41, 5.74) is 0. The Morgan fingerprint density at radius 1 is 0.300 bits per heavy atom. The minimum Gasteiger partial charge on any atom is -0.199 e. The Morgan fingerprint density at radius 2 is 0.400 bits per heavy atom. The molecule has 20 heavy (non-hydrogen) atoms. The van der Waals surface area contributed by atoms with Crippen LogP contribution in [0.15, 0.2) is 0 Å². The highest BCUT2D eigenvalue weighted by Crippen LogP contribution is 2.76. The summed E-state index contributed by atoms with van der Waals surface area (Å²) >= 11 is 0. The van der Waals surface area contributed by atoms with Gasteiger partial charge in [0.05, 0.1) is 0 Å². The van der Waals surface area contributed by atoms with Crippen LogP contribution in [0.25, 0.3) is 0 Å².